The Hall–Kier alpha value is -1.57. The van der Waals surface area contributed by atoms with Crippen molar-refractivity contribution in [1.29, 1.82) is 0 Å². The van der Waals surface area contributed by atoms with Crippen LogP contribution in [-0.2, 0) is 14.9 Å². The maximum atomic E-state index is 12.2. The third-order valence-corrected chi connectivity index (χ3v) is 3.62. The van der Waals surface area contributed by atoms with Crippen LogP contribution in [0, 0.1) is 0 Å². The summed E-state index contributed by atoms with van der Waals surface area (Å²) in [7, 11) is 1.56. The first kappa shape index (κ1) is 16.8. The van der Waals surface area contributed by atoms with E-state index in [0.717, 1.165) is 4.90 Å². The average Bonchev–Trinajstić information content (AvgIpc) is 2.98. The van der Waals surface area contributed by atoms with Crippen LogP contribution in [0.15, 0.2) is 21.3 Å². The molecular formula is C14H20ClN3O4. The summed E-state index contributed by atoms with van der Waals surface area (Å²) in [6, 6.07) is 1.63. The maximum Gasteiger partial charge on any atom is 0.275 e. The number of ether oxygens (including phenoxy) is 1. The van der Waals surface area contributed by atoms with Crippen LogP contribution in [-0.4, -0.2) is 42.7 Å². The van der Waals surface area contributed by atoms with E-state index in [9.17, 15) is 9.90 Å². The minimum Gasteiger partial charge on any atom is -0.383 e. The van der Waals surface area contributed by atoms with E-state index in [4.69, 9.17) is 20.9 Å². The van der Waals surface area contributed by atoms with Crippen molar-refractivity contribution < 1.29 is 19.2 Å². The number of carbonyl (C=O) groups is 1. The van der Waals surface area contributed by atoms with Gasteiger partial charge in [-0.3, -0.25) is 9.69 Å². The molecule has 0 saturated carbocycles. The summed E-state index contributed by atoms with van der Waals surface area (Å²) >= 11 is 6.01. The minimum absolute atomic E-state index is 0.0658. The third-order valence-electron chi connectivity index (χ3n) is 3.25. The number of halogens is 1. The molecule has 1 aliphatic rings. The van der Waals surface area contributed by atoms with Gasteiger partial charge in [0.1, 0.15) is 10.8 Å². The number of aliphatic hydroxyl groups is 1. The molecule has 1 unspecified atom stereocenters. The number of aliphatic hydroxyl groups excluding tert-OH is 1. The van der Waals surface area contributed by atoms with Crippen molar-refractivity contribution in [3.05, 3.63) is 22.6 Å². The molecule has 22 heavy (non-hydrogen) atoms. The van der Waals surface area contributed by atoms with E-state index in [1.54, 1.807) is 13.2 Å². The summed E-state index contributed by atoms with van der Waals surface area (Å²) in [4.78, 5) is 13.3. The van der Waals surface area contributed by atoms with Gasteiger partial charge in [-0.2, -0.15) is 0 Å². The highest BCUT2D eigenvalue weighted by molar-refractivity contribution is 6.45. The number of anilines is 1. The number of carbonyl (C=O) groups excluding carboxylic acids is 1. The lowest BCUT2D eigenvalue weighted by Gasteiger charge is -2.20. The van der Waals surface area contributed by atoms with E-state index in [-0.39, 0.29) is 22.0 Å². The molecule has 2 N–H and O–H groups in total. The minimum atomic E-state index is -1.23. The van der Waals surface area contributed by atoms with Crippen molar-refractivity contribution in [3.63, 3.8) is 0 Å². The van der Waals surface area contributed by atoms with Crippen LogP contribution >= 0.6 is 11.6 Å². The standard InChI is InChI=1S/C14H20ClN3O4/c1-14(2,3)8-7-9(17-22-8)18-12(19)10(15)11(13(18)20)16-5-6-21-4/h7,13,16,20H,5-6H2,1-4H3. The Balaban J connectivity index is 2.20. The maximum absolute atomic E-state index is 12.2. The lowest BCUT2D eigenvalue weighted by molar-refractivity contribution is -0.115. The van der Waals surface area contributed by atoms with Crippen LogP contribution < -0.4 is 10.2 Å². The monoisotopic (exact) mass is 329 g/mol. The molecule has 1 aromatic heterocycles. The molecular weight excluding hydrogens is 310 g/mol. The van der Waals surface area contributed by atoms with Gasteiger partial charge in [-0.25, -0.2) is 0 Å². The van der Waals surface area contributed by atoms with E-state index >= 15 is 0 Å². The Labute approximate surface area is 133 Å². The van der Waals surface area contributed by atoms with Crippen LogP contribution in [0.5, 0.6) is 0 Å². The predicted molar refractivity (Wildman–Crippen MR) is 81.5 cm³/mol. The molecule has 0 saturated heterocycles. The van der Waals surface area contributed by atoms with Gasteiger partial charge in [0.15, 0.2) is 12.0 Å². The lowest BCUT2D eigenvalue weighted by Crippen LogP contribution is -2.38. The second kappa shape index (κ2) is 6.28. The van der Waals surface area contributed by atoms with E-state index in [0.29, 0.717) is 18.9 Å². The number of hydrogen-bond acceptors (Lipinski definition) is 6. The Morgan fingerprint density at radius 2 is 2.23 bits per heavy atom. The molecule has 0 aliphatic carbocycles. The zero-order chi connectivity index (χ0) is 16.5. The van der Waals surface area contributed by atoms with Gasteiger partial charge < -0.3 is 19.7 Å². The summed E-state index contributed by atoms with van der Waals surface area (Å²) in [5.74, 6) is 0.311. The Bertz CT molecular complexity index is 591. The van der Waals surface area contributed by atoms with Gasteiger partial charge in [0, 0.05) is 25.1 Å². The summed E-state index contributed by atoms with van der Waals surface area (Å²) in [5.41, 5.74) is -0.0144. The topological polar surface area (TPSA) is 87.8 Å². The van der Waals surface area contributed by atoms with Gasteiger partial charge >= 0.3 is 0 Å². The number of aromatic nitrogens is 1. The quantitative estimate of drug-likeness (QED) is 0.792. The summed E-state index contributed by atoms with van der Waals surface area (Å²) in [6.45, 7) is 6.73. The Kier molecular flexibility index (Phi) is 4.79. The van der Waals surface area contributed by atoms with Crippen molar-refractivity contribution in [2.75, 3.05) is 25.2 Å². The Morgan fingerprint density at radius 3 is 2.77 bits per heavy atom. The smallest absolute Gasteiger partial charge is 0.275 e. The zero-order valence-electron chi connectivity index (χ0n) is 13.0. The molecule has 122 valence electrons. The molecule has 0 spiro atoms. The number of nitrogens with one attached hydrogen (secondary N) is 1. The van der Waals surface area contributed by atoms with E-state index in [1.165, 1.54) is 0 Å². The van der Waals surface area contributed by atoms with E-state index < -0.39 is 12.1 Å². The molecule has 7 nitrogen and oxygen atoms in total. The first-order chi connectivity index (χ1) is 10.3. The van der Waals surface area contributed by atoms with Gasteiger partial charge in [-0.1, -0.05) is 37.5 Å². The number of amides is 1. The molecule has 0 fully saturated rings. The number of rotatable bonds is 5. The van der Waals surface area contributed by atoms with Gasteiger partial charge in [-0.15, -0.1) is 0 Å². The first-order valence-electron chi connectivity index (χ1n) is 6.88. The fraction of sp³-hybridized carbons (Fsp3) is 0.571. The molecule has 1 aromatic rings. The predicted octanol–water partition coefficient (Wildman–Crippen LogP) is 1.32. The van der Waals surface area contributed by atoms with Crippen molar-refractivity contribution >= 4 is 23.3 Å². The third kappa shape index (κ3) is 3.11. The van der Waals surface area contributed by atoms with Crippen LogP contribution in [0.2, 0.25) is 0 Å². The van der Waals surface area contributed by atoms with Crippen molar-refractivity contribution in [1.82, 2.24) is 10.5 Å². The lowest BCUT2D eigenvalue weighted by atomic mass is 9.93. The Morgan fingerprint density at radius 1 is 1.55 bits per heavy atom. The van der Waals surface area contributed by atoms with Crippen LogP contribution in [0.25, 0.3) is 0 Å². The van der Waals surface area contributed by atoms with Crippen LogP contribution in [0.4, 0.5) is 5.82 Å². The van der Waals surface area contributed by atoms with Gasteiger partial charge in [-0.05, 0) is 0 Å². The van der Waals surface area contributed by atoms with E-state index in [1.807, 2.05) is 20.8 Å². The zero-order valence-corrected chi connectivity index (χ0v) is 13.8. The fourth-order valence-electron chi connectivity index (χ4n) is 1.99. The summed E-state index contributed by atoms with van der Waals surface area (Å²) in [5, 5.41) is 17.0. The number of methoxy groups -OCH3 is 1. The highest BCUT2D eigenvalue weighted by Crippen LogP contribution is 2.32. The SMILES string of the molecule is COCCNC1=C(Cl)C(=O)N(c2cc(C(C)(C)C)on2)C1O. The van der Waals surface area contributed by atoms with E-state index in [2.05, 4.69) is 10.5 Å². The van der Waals surface area contributed by atoms with Crippen molar-refractivity contribution in [2.45, 2.75) is 32.4 Å². The van der Waals surface area contributed by atoms with Crippen LogP contribution in [0.1, 0.15) is 26.5 Å². The molecule has 8 heteroatoms. The molecule has 0 radical (unpaired) electrons. The fourth-order valence-corrected chi connectivity index (χ4v) is 2.25. The van der Waals surface area contributed by atoms with Crippen molar-refractivity contribution in [3.8, 4) is 0 Å². The summed E-state index contributed by atoms with van der Waals surface area (Å²) in [6.07, 6.45) is -1.23. The van der Waals surface area contributed by atoms with Gasteiger partial charge in [0.05, 0.1) is 12.3 Å². The average molecular weight is 330 g/mol. The molecule has 1 aliphatic heterocycles. The van der Waals surface area contributed by atoms with Crippen LogP contribution in [0.3, 0.4) is 0 Å². The normalized spacial score (nSPS) is 19.3. The van der Waals surface area contributed by atoms with Gasteiger partial charge in [0.2, 0.25) is 0 Å². The molecule has 1 amide bonds. The molecule has 2 rings (SSSR count). The second-order valence-corrected chi connectivity index (χ2v) is 6.37. The number of hydrogen-bond donors (Lipinski definition) is 2. The first-order valence-corrected chi connectivity index (χ1v) is 7.26. The van der Waals surface area contributed by atoms with Crippen molar-refractivity contribution in [2.24, 2.45) is 0 Å². The molecule has 0 aromatic carbocycles. The molecule has 1 atom stereocenters. The number of nitrogens with zero attached hydrogens (tertiary/aromatic N) is 2. The summed E-state index contributed by atoms with van der Waals surface area (Å²) < 4.78 is 10.2. The van der Waals surface area contributed by atoms with Gasteiger partial charge in [0.25, 0.3) is 5.91 Å². The highest BCUT2D eigenvalue weighted by atomic mass is 35.5. The molecule has 2 heterocycles. The highest BCUT2D eigenvalue weighted by Gasteiger charge is 2.40. The molecule has 0 bridgehead atoms. The largest absolute Gasteiger partial charge is 0.383 e. The second-order valence-electron chi connectivity index (χ2n) is 6.00.